The summed E-state index contributed by atoms with van der Waals surface area (Å²) in [6.07, 6.45) is 2.23. The number of nitrogens with zero attached hydrogens (tertiary/aromatic N) is 1. The van der Waals surface area contributed by atoms with E-state index in [1.54, 1.807) is 7.11 Å². The highest BCUT2D eigenvalue weighted by molar-refractivity contribution is 5.09. The van der Waals surface area contributed by atoms with Crippen molar-refractivity contribution in [1.29, 1.82) is 0 Å². The molecule has 0 aliphatic carbocycles. The maximum absolute atomic E-state index is 5.40. The highest BCUT2D eigenvalue weighted by atomic mass is 16.5. The molecule has 0 bridgehead atoms. The predicted octanol–water partition coefficient (Wildman–Crippen LogP) is 2.14. The predicted molar refractivity (Wildman–Crippen MR) is 63.3 cm³/mol. The van der Waals surface area contributed by atoms with E-state index in [1.165, 1.54) is 6.39 Å². The molecule has 1 N–H and O–H groups in total. The molecule has 0 saturated carbocycles. The molecule has 1 aromatic heterocycles. The Labute approximate surface area is 97.4 Å². The topological polar surface area (TPSA) is 47.3 Å². The largest absolute Gasteiger partial charge is 0.448 e. The minimum absolute atomic E-state index is 0.216. The Morgan fingerprint density at radius 1 is 1.50 bits per heavy atom. The van der Waals surface area contributed by atoms with Crippen LogP contribution in [0.1, 0.15) is 39.1 Å². The van der Waals surface area contributed by atoms with E-state index in [0.29, 0.717) is 6.04 Å². The van der Waals surface area contributed by atoms with Crippen LogP contribution >= 0.6 is 0 Å². The van der Waals surface area contributed by atoms with Gasteiger partial charge in [-0.2, -0.15) is 0 Å². The van der Waals surface area contributed by atoms with E-state index >= 15 is 0 Å². The first kappa shape index (κ1) is 13.2. The summed E-state index contributed by atoms with van der Waals surface area (Å²) in [5.74, 6) is 0.903. The normalized spacial score (nSPS) is 12.4. The lowest BCUT2D eigenvalue weighted by Crippen LogP contribution is -2.27. The average Bonchev–Trinajstić information content (AvgIpc) is 2.61. The summed E-state index contributed by atoms with van der Waals surface area (Å²) in [6.45, 7) is 9.03. The number of nitrogens with one attached hydrogen (secondary N) is 1. The van der Waals surface area contributed by atoms with Crippen LogP contribution in [-0.4, -0.2) is 23.7 Å². The summed E-state index contributed by atoms with van der Waals surface area (Å²) in [6, 6.07) is 0.444. The van der Waals surface area contributed by atoms with E-state index in [-0.39, 0.29) is 5.60 Å². The molecule has 0 aliphatic rings. The first-order valence-corrected chi connectivity index (χ1v) is 5.64. The molecule has 0 fully saturated rings. The Kier molecular flexibility index (Phi) is 4.50. The van der Waals surface area contributed by atoms with Gasteiger partial charge in [0, 0.05) is 26.1 Å². The van der Waals surface area contributed by atoms with Gasteiger partial charge < -0.3 is 14.5 Å². The number of ether oxygens (including phenoxy) is 1. The average molecular weight is 226 g/mol. The second kappa shape index (κ2) is 5.46. The third-order valence-corrected chi connectivity index (χ3v) is 2.54. The van der Waals surface area contributed by atoms with E-state index in [4.69, 9.17) is 9.15 Å². The fraction of sp³-hybridized carbons (Fsp3) is 0.750. The smallest absolute Gasteiger partial charge is 0.181 e. The van der Waals surface area contributed by atoms with Gasteiger partial charge >= 0.3 is 0 Å². The van der Waals surface area contributed by atoms with E-state index in [0.717, 1.165) is 24.4 Å². The number of methoxy groups -OCH3 is 1. The van der Waals surface area contributed by atoms with Gasteiger partial charge in [-0.05, 0) is 13.8 Å². The molecule has 4 heteroatoms. The number of aromatic nitrogens is 1. The van der Waals surface area contributed by atoms with Crippen molar-refractivity contribution in [1.82, 2.24) is 10.3 Å². The zero-order valence-electron chi connectivity index (χ0n) is 10.8. The Hall–Kier alpha value is -0.870. The van der Waals surface area contributed by atoms with Crippen LogP contribution < -0.4 is 5.32 Å². The summed E-state index contributed by atoms with van der Waals surface area (Å²) in [7, 11) is 1.71. The lowest BCUT2D eigenvalue weighted by atomic mass is 10.0. The molecule has 0 radical (unpaired) electrons. The third kappa shape index (κ3) is 3.94. The van der Waals surface area contributed by atoms with Crippen molar-refractivity contribution in [2.75, 3.05) is 7.11 Å². The first-order chi connectivity index (χ1) is 7.44. The highest BCUT2D eigenvalue weighted by Gasteiger charge is 2.21. The van der Waals surface area contributed by atoms with Crippen molar-refractivity contribution >= 4 is 0 Å². The van der Waals surface area contributed by atoms with Crippen molar-refractivity contribution in [2.24, 2.45) is 0 Å². The van der Waals surface area contributed by atoms with Gasteiger partial charge in [0.25, 0.3) is 0 Å². The number of hydrogen-bond acceptors (Lipinski definition) is 4. The summed E-state index contributed by atoms with van der Waals surface area (Å²) in [5, 5.41) is 3.33. The summed E-state index contributed by atoms with van der Waals surface area (Å²) in [4.78, 5) is 4.22. The Morgan fingerprint density at radius 3 is 2.75 bits per heavy atom. The molecule has 1 aromatic rings. The van der Waals surface area contributed by atoms with E-state index in [2.05, 4.69) is 24.1 Å². The Balaban J connectivity index is 2.63. The van der Waals surface area contributed by atoms with Crippen LogP contribution in [0.25, 0.3) is 0 Å². The van der Waals surface area contributed by atoms with Crippen LogP contribution in [0.15, 0.2) is 10.8 Å². The van der Waals surface area contributed by atoms with Gasteiger partial charge in [-0.25, -0.2) is 4.98 Å². The van der Waals surface area contributed by atoms with Crippen LogP contribution in [0.3, 0.4) is 0 Å². The molecule has 0 aliphatic heterocycles. The van der Waals surface area contributed by atoms with Crippen LogP contribution in [0.2, 0.25) is 0 Å². The zero-order valence-corrected chi connectivity index (χ0v) is 10.8. The molecule has 0 spiro atoms. The van der Waals surface area contributed by atoms with Crippen LogP contribution in [0, 0.1) is 0 Å². The number of hydrogen-bond donors (Lipinski definition) is 1. The second-order valence-corrected chi connectivity index (χ2v) is 4.90. The maximum Gasteiger partial charge on any atom is 0.181 e. The molecule has 16 heavy (non-hydrogen) atoms. The Morgan fingerprint density at radius 2 is 2.19 bits per heavy atom. The molecule has 4 nitrogen and oxygen atoms in total. The second-order valence-electron chi connectivity index (χ2n) is 4.90. The van der Waals surface area contributed by atoms with Gasteiger partial charge in [-0.3, -0.25) is 0 Å². The highest BCUT2D eigenvalue weighted by Crippen LogP contribution is 2.18. The lowest BCUT2D eigenvalue weighted by Gasteiger charge is -2.21. The van der Waals surface area contributed by atoms with E-state index in [1.807, 2.05) is 13.8 Å². The van der Waals surface area contributed by atoms with Crippen molar-refractivity contribution in [3.05, 3.63) is 17.8 Å². The van der Waals surface area contributed by atoms with E-state index < -0.39 is 0 Å². The SMILES string of the molecule is COC(C)(C)Cc1ocnc1CNC(C)C. The molecule has 0 unspecified atom stereocenters. The molecular weight excluding hydrogens is 204 g/mol. The molecule has 1 heterocycles. The zero-order chi connectivity index (χ0) is 12.2. The van der Waals surface area contributed by atoms with Gasteiger partial charge in [-0.15, -0.1) is 0 Å². The van der Waals surface area contributed by atoms with Crippen LogP contribution in [-0.2, 0) is 17.7 Å². The van der Waals surface area contributed by atoms with Crippen molar-refractivity contribution in [2.45, 2.75) is 52.3 Å². The molecule has 92 valence electrons. The maximum atomic E-state index is 5.40. The molecule has 0 saturated heterocycles. The molecule has 1 rings (SSSR count). The third-order valence-electron chi connectivity index (χ3n) is 2.54. The molecular formula is C12H22N2O2. The van der Waals surface area contributed by atoms with Crippen molar-refractivity contribution in [3.8, 4) is 0 Å². The summed E-state index contributed by atoms with van der Waals surface area (Å²) < 4.78 is 10.8. The summed E-state index contributed by atoms with van der Waals surface area (Å²) in [5.41, 5.74) is 0.755. The fourth-order valence-electron chi connectivity index (χ4n) is 1.34. The lowest BCUT2D eigenvalue weighted by molar-refractivity contribution is 0.0189. The monoisotopic (exact) mass is 226 g/mol. The molecule has 0 amide bonds. The number of oxazole rings is 1. The fourth-order valence-corrected chi connectivity index (χ4v) is 1.34. The molecule has 0 aromatic carbocycles. The summed E-state index contributed by atoms with van der Waals surface area (Å²) >= 11 is 0. The van der Waals surface area contributed by atoms with Gasteiger partial charge in [0.2, 0.25) is 0 Å². The standard InChI is InChI=1S/C12H22N2O2/c1-9(2)13-7-10-11(16-8-14-10)6-12(3,4)15-5/h8-9,13H,6-7H2,1-5H3. The van der Waals surface area contributed by atoms with E-state index in [9.17, 15) is 0 Å². The first-order valence-electron chi connectivity index (χ1n) is 5.64. The van der Waals surface area contributed by atoms with Crippen LogP contribution in [0.4, 0.5) is 0 Å². The minimum Gasteiger partial charge on any atom is -0.448 e. The van der Waals surface area contributed by atoms with Gasteiger partial charge in [0.15, 0.2) is 6.39 Å². The van der Waals surface area contributed by atoms with Crippen LogP contribution in [0.5, 0.6) is 0 Å². The Bertz CT molecular complexity index is 319. The van der Waals surface area contributed by atoms with Gasteiger partial charge in [0.1, 0.15) is 5.76 Å². The van der Waals surface area contributed by atoms with Gasteiger partial charge in [0.05, 0.1) is 11.3 Å². The van der Waals surface area contributed by atoms with Gasteiger partial charge in [-0.1, -0.05) is 13.8 Å². The number of rotatable bonds is 6. The van der Waals surface area contributed by atoms with Crippen molar-refractivity contribution < 1.29 is 9.15 Å². The minimum atomic E-state index is -0.216. The molecule has 0 atom stereocenters. The van der Waals surface area contributed by atoms with Crippen molar-refractivity contribution in [3.63, 3.8) is 0 Å². The quantitative estimate of drug-likeness (QED) is 0.807.